The Bertz CT molecular complexity index is 494. The molecule has 0 heterocycles. The number of alkyl halides is 3. The van der Waals surface area contributed by atoms with E-state index in [1.807, 2.05) is 0 Å². The van der Waals surface area contributed by atoms with Crippen LogP contribution in [0, 0.1) is 5.82 Å². The predicted molar refractivity (Wildman–Crippen MR) is 58.1 cm³/mol. The lowest BCUT2D eigenvalue weighted by Gasteiger charge is -2.30. The van der Waals surface area contributed by atoms with Crippen LogP contribution >= 0.6 is 0 Å². The Labute approximate surface area is 106 Å². The van der Waals surface area contributed by atoms with Crippen LogP contribution in [0.25, 0.3) is 0 Å². The quantitative estimate of drug-likeness (QED) is 0.837. The minimum absolute atomic E-state index is 0.283. The van der Waals surface area contributed by atoms with Crippen molar-refractivity contribution in [1.29, 1.82) is 0 Å². The molecule has 1 unspecified atom stereocenters. The first-order chi connectivity index (χ1) is 8.48. The number of aliphatic hydroxyl groups is 1. The second-order valence-electron chi connectivity index (χ2n) is 4.65. The molecule has 0 saturated carbocycles. The van der Waals surface area contributed by atoms with E-state index in [2.05, 4.69) is 0 Å². The van der Waals surface area contributed by atoms with Gasteiger partial charge in [-0.05, 0) is 17.7 Å². The Balaban J connectivity index is 3.46. The minimum atomic E-state index is -4.84. The number of hydrogen-bond acceptors (Lipinski definition) is 2. The third kappa shape index (κ3) is 3.04. The van der Waals surface area contributed by atoms with Crippen LogP contribution < -0.4 is 0 Å². The smallest absolute Gasteiger partial charge is 0.416 e. The third-order valence-corrected chi connectivity index (χ3v) is 2.90. The van der Waals surface area contributed by atoms with Gasteiger partial charge >= 0.3 is 12.1 Å². The van der Waals surface area contributed by atoms with Gasteiger partial charge in [-0.15, -0.1) is 0 Å². The van der Waals surface area contributed by atoms with Crippen LogP contribution in [0.4, 0.5) is 17.6 Å². The maximum Gasteiger partial charge on any atom is 0.416 e. The van der Waals surface area contributed by atoms with Gasteiger partial charge in [0.05, 0.1) is 5.56 Å². The van der Waals surface area contributed by atoms with E-state index < -0.39 is 40.6 Å². The topological polar surface area (TPSA) is 57.5 Å². The lowest BCUT2D eigenvalue weighted by molar-refractivity contribution is -0.151. The van der Waals surface area contributed by atoms with E-state index in [4.69, 9.17) is 5.11 Å². The number of benzene rings is 1. The number of halogens is 4. The summed E-state index contributed by atoms with van der Waals surface area (Å²) in [5.41, 5.74) is -3.49. The summed E-state index contributed by atoms with van der Waals surface area (Å²) in [5, 5.41) is 18.2. The molecule has 0 radical (unpaired) electrons. The largest absolute Gasteiger partial charge is 0.479 e. The molecule has 3 nitrogen and oxygen atoms in total. The van der Waals surface area contributed by atoms with E-state index in [0.29, 0.717) is 0 Å². The number of aliphatic hydroxyl groups excluding tert-OH is 1. The summed E-state index contributed by atoms with van der Waals surface area (Å²) < 4.78 is 51.4. The van der Waals surface area contributed by atoms with E-state index in [-0.39, 0.29) is 6.07 Å². The maximum atomic E-state index is 12.9. The number of carboxylic acids is 1. The molecule has 2 N–H and O–H groups in total. The second kappa shape index (κ2) is 4.80. The Kier molecular flexibility index (Phi) is 3.90. The Morgan fingerprint density at radius 2 is 1.74 bits per heavy atom. The average Bonchev–Trinajstić information content (AvgIpc) is 2.26. The number of rotatable bonds is 3. The van der Waals surface area contributed by atoms with Gasteiger partial charge in [0.15, 0.2) is 6.10 Å². The first kappa shape index (κ1) is 15.4. The molecule has 1 aromatic carbocycles. The molecular formula is C12H12F4O3. The molecule has 1 aromatic rings. The van der Waals surface area contributed by atoms with Crippen molar-refractivity contribution in [2.75, 3.05) is 0 Å². The molecule has 0 spiro atoms. The van der Waals surface area contributed by atoms with Gasteiger partial charge in [0.2, 0.25) is 0 Å². The molecule has 1 atom stereocenters. The van der Waals surface area contributed by atoms with E-state index in [1.54, 1.807) is 0 Å². The van der Waals surface area contributed by atoms with Gasteiger partial charge in [0, 0.05) is 5.41 Å². The Morgan fingerprint density at radius 1 is 1.21 bits per heavy atom. The fourth-order valence-electron chi connectivity index (χ4n) is 1.77. The number of hydrogen-bond donors (Lipinski definition) is 2. The van der Waals surface area contributed by atoms with Crippen molar-refractivity contribution >= 4 is 5.97 Å². The summed E-state index contributed by atoms with van der Waals surface area (Å²) in [6.07, 6.45) is -6.88. The lowest BCUT2D eigenvalue weighted by Crippen LogP contribution is -2.41. The van der Waals surface area contributed by atoms with Crippen molar-refractivity contribution in [3.05, 3.63) is 35.1 Å². The maximum absolute atomic E-state index is 12.9. The van der Waals surface area contributed by atoms with Crippen LogP contribution in [0.5, 0.6) is 0 Å². The Hall–Kier alpha value is -1.63. The SMILES string of the molecule is CC(C)(c1ccc(F)cc1C(F)(F)F)C(O)C(=O)O. The number of carboxylic acid groups (broad SMARTS) is 1. The summed E-state index contributed by atoms with van der Waals surface area (Å²) in [7, 11) is 0. The zero-order chi connectivity index (χ0) is 15.0. The van der Waals surface area contributed by atoms with Crippen molar-refractivity contribution in [3.63, 3.8) is 0 Å². The van der Waals surface area contributed by atoms with Gasteiger partial charge in [-0.3, -0.25) is 0 Å². The molecule has 0 saturated heterocycles. The van der Waals surface area contributed by atoms with Crippen molar-refractivity contribution < 1.29 is 32.6 Å². The van der Waals surface area contributed by atoms with Crippen LogP contribution in [0.2, 0.25) is 0 Å². The average molecular weight is 280 g/mol. The van der Waals surface area contributed by atoms with E-state index in [0.717, 1.165) is 26.0 Å². The molecule has 0 bridgehead atoms. The minimum Gasteiger partial charge on any atom is -0.479 e. The van der Waals surface area contributed by atoms with E-state index in [9.17, 15) is 27.5 Å². The van der Waals surface area contributed by atoms with Gasteiger partial charge in [-0.2, -0.15) is 13.2 Å². The van der Waals surface area contributed by atoms with Crippen LogP contribution in [-0.4, -0.2) is 22.3 Å². The zero-order valence-electron chi connectivity index (χ0n) is 10.1. The highest BCUT2D eigenvalue weighted by Crippen LogP contribution is 2.39. The highest BCUT2D eigenvalue weighted by Gasteiger charge is 2.43. The number of aliphatic carboxylic acids is 1. The monoisotopic (exact) mass is 280 g/mol. The zero-order valence-corrected chi connectivity index (χ0v) is 10.1. The summed E-state index contributed by atoms with van der Waals surface area (Å²) in [4.78, 5) is 10.7. The summed E-state index contributed by atoms with van der Waals surface area (Å²) in [5.74, 6) is -2.74. The van der Waals surface area contributed by atoms with Crippen molar-refractivity contribution in [2.45, 2.75) is 31.5 Å². The van der Waals surface area contributed by atoms with E-state index >= 15 is 0 Å². The van der Waals surface area contributed by atoms with Crippen LogP contribution in [0.1, 0.15) is 25.0 Å². The van der Waals surface area contributed by atoms with Gasteiger partial charge in [-0.1, -0.05) is 19.9 Å². The van der Waals surface area contributed by atoms with Gasteiger partial charge in [0.25, 0.3) is 0 Å². The summed E-state index contributed by atoms with van der Waals surface area (Å²) >= 11 is 0. The molecule has 106 valence electrons. The normalized spacial score (nSPS) is 14.3. The molecule has 0 amide bonds. The molecule has 19 heavy (non-hydrogen) atoms. The molecule has 0 aliphatic heterocycles. The van der Waals surface area contributed by atoms with Crippen LogP contribution in [-0.2, 0) is 16.4 Å². The summed E-state index contributed by atoms with van der Waals surface area (Å²) in [6.45, 7) is 2.29. The van der Waals surface area contributed by atoms with E-state index in [1.165, 1.54) is 0 Å². The van der Waals surface area contributed by atoms with Gasteiger partial charge in [0.1, 0.15) is 5.82 Å². The van der Waals surface area contributed by atoms with Gasteiger partial charge < -0.3 is 10.2 Å². The summed E-state index contributed by atoms with van der Waals surface area (Å²) in [6, 6.07) is 1.91. The molecule has 7 heteroatoms. The molecule has 0 aliphatic rings. The lowest BCUT2D eigenvalue weighted by atomic mass is 9.77. The molecular weight excluding hydrogens is 268 g/mol. The van der Waals surface area contributed by atoms with Crippen molar-refractivity contribution in [1.82, 2.24) is 0 Å². The highest BCUT2D eigenvalue weighted by molar-refractivity contribution is 5.74. The molecule has 1 rings (SSSR count). The standard InChI is InChI=1S/C12H12F4O3/c1-11(2,9(17)10(18)19)7-4-3-6(13)5-8(7)12(14,15)16/h3-5,9,17H,1-2H3,(H,18,19). The van der Waals surface area contributed by atoms with Crippen LogP contribution in [0.15, 0.2) is 18.2 Å². The fraction of sp³-hybridized carbons (Fsp3) is 0.417. The highest BCUT2D eigenvalue weighted by atomic mass is 19.4. The molecule has 0 aliphatic carbocycles. The Morgan fingerprint density at radius 3 is 2.16 bits per heavy atom. The number of carbonyl (C=O) groups is 1. The fourth-order valence-corrected chi connectivity index (χ4v) is 1.77. The third-order valence-electron chi connectivity index (χ3n) is 2.90. The first-order valence-corrected chi connectivity index (χ1v) is 5.26. The first-order valence-electron chi connectivity index (χ1n) is 5.26. The predicted octanol–water partition coefficient (Wildman–Crippen LogP) is 2.57. The van der Waals surface area contributed by atoms with Crippen molar-refractivity contribution in [2.24, 2.45) is 0 Å². The van der Waals surface area contributed by atoms with Crippen LogP contribution in [0.3, 0.4) is 0 Å². The molecule has 0 fully saturated rings. The van der Waals surface area contributed by atoms with Gasteiger partial charge in [-0.25, -0.2) is 9.18 Å². The van der Waals surface area contributed by atoms with Crippen molar-refractivity contribution in [3.8, 4) is 0 Å². The second-order valence-corrected chi connectivity index (χ2v) is 4.65. The molecule has 0 aromatic heterocycles.